The second kappa shape index (κ2) is 10.2. The van der Waals surface area contributed by atoms with Crippen molar-refractivity contribution in [2.75, 3.05) is 47.6 Å². The van der Waals surface area contributed by atoms with E-state index in [4.69, 9.17) is 18.9 Å². The van der Waals surface area contributed by atoms with E-state index < -0.39 is 0 Å². The van der Waals surface area contributed by atoms with Gasteiger partial charge in [0.05, 0.1) is 26.4 Å². The van der Waals surface area contributed by atoms with Crippen molar-refractivity contribution in [1.82, 2.24) is 10.6 Å². The molecule has 1 aromatic rings. The molecular weight excluding hydrogens is 334 g/mol. The van der Waals surface area contributed by atoms with Gasteiger partial charge in [-0.3, -0.25) is 0 Å². The Labute approximate surface area is 156 Å². The van der Waals surface area contributed by atoms with Gasteiger partial charge in [0.1, 0.15) is 0 Å². The summed E-state index contributed by atoms with van der Waals surface area (Å²) in [7, 11) is 5.03. The van der Waals surface area contributed by atoms with Crippen molar-refractivity contribution in [2.45, 2.75) is 31.9 Å². The fourth-order valence-corrected chi connectivity index (χ4v) is 2.93. The first-order chi connectivity index (χ1) is 12.7. The number of benzene rings is 1. The first-order valence-electron chi connectivity index (χ1n) is 9.02. The quantitative estimate of drug-likeness (QED) is 0.542. The predicted octanol–water partition coefficient (Wildman–Crippen LogP) is 1.95. The summed E-state index contributed by atoms with van der Waals surface area (Å²) in [6.45, 7) is 5.54. The molecule has 0 radical (unpaired) electrons. The van der Waals surface area contributed by atoms with E-state index in [2.05, 4.69) is 15.6 Å². The lowest BCUT2D eigenvalue weighted by molar-refractivity contribution is -0.0855. The van der Waals surface area contributed by atoms with Gasteiger partial charge in [-0.25, -0.2) is 4.99 Å². The number of ether oxygens (including phenoxy) is 4. The standard InChI is InChI=1S/C19H31N3O4/c1-5-20-18(22-14-19(25-4)8-10-26-11-9-19)21-13-15-6-7-16(23-2)17(12-15)24-3/h6-7,12H,5,8-11,13-14H2,1-4H3,(H2,20,21,22). The summed E-state index contributed by atoms with van der Waals surface area (Å²) < 4.78 is 21.8. The molecule has 1 heterocycles. The van der Waals surface area contributed by atoms with Gasteiger partial charge >= 0.3 is 0 Å². The fourth-order valence-electron chi connectivity index (χ4n) is 2.93. The third kappa shape index (κ3) is 5.51. The van der Waals surface area contributed by atoms with Gasteiger partial charge in [0.15, 0.2) is 17.5 Å². The van der Waals surface area contributed by atoms with Crippen LogP contribution in [0.5, 0.6) is 11.5 Å². The van der Waals surface area contributed by atoms with Gasteiger partial charge in [0.2, 0.25) is 0 Å². The SMILES string of the molecule is CCNC(=NCc1ccc(OC)c(OC)c1)NCC1(OC)CCOCC1. The Morgan fingerprint density at radius 2 is 1.85 bits per heavy atom. The molecule has 2 rings (SSSR count). The van der Waals surface area contributed by atoms with Crippen LogP contribution in [0.15, 0.2) is 23.2 Å². The van der Waals surface area contributed by atoms with Gasteiger partial charge in [-0.05, 0) is 24.6 Å². The van der Waals surface area contributed by atoms with Gasteiger partial charge in [-0.15, -0.1) is 0 Å². The number of nitrogens with one attached hydrogen (secondary N) is 2. The van der Waals surface area contributed by atoms with E-state index in [1.807, 2.05) is 25.1 Å². The molecule has 1 aromatic carbocycles. The second-order valence-corrected chi connectivity index (χ2v) is 6.24. The number of guanidine groups is 1. The normalized spacial score (nSPS) is 16.8. The lowest BCUT2D eigenvalue weighted by atomic mass is 9.94. The Kier molecular flexibility index (Phi) is 8.00. The third-order valence-corrected chi connectivity index (χ3v) is 4.63. The van der Waals surface area contributed by atoms with Crippen LogP contribution in [0.25, 0.3) is 0 Å². The molecule has 1 saturated heterocycles. The summed E-state index contributed by atoms with van der Waals surface area (Å²) in [6, 6.07) is 5.83. The third-order valence-electron chi connectivity index (χ3n) is 4.63. The average molecular weight is 365 g/mol. The summed E-state index contributed by atoms with van der Waals surface area (Å²) in [5.41, 5.74) is 0.852. The highest BCUT2D eigenvalue weighted by atomic mass is 16.5. The van der Waals surface area contributed by atoms with E-state index in [9.17, 15) is 0 Å². The lowest BCUT2D eigenvalue weighted by Gasteiger charge is -2.36. The van der Waals surface area contributed by atoms with Crippen LogP contribution >= 0.6 is 0 Å². The van der Waals surface area contributed by atoms with Gasteiger partial charge < -0.3 is 29.6 Å². The van der Waals surface area contributed by atoms with Gasteiger partial charge in [-0.2, -0.15) is 0 Å². The van der Waals surface area contributed by atoms with Crippen LogP contribution in [0.4, 0.5) is 0 Å². The van der Waals surface area contributed by atoms with E-state index in [1.165, 1.54) is 0 Å². The second-order valence-electron chi connectivity index (χ2n) is 6.24. The monoisotopic (exact) mass is 365 g/mol. The molecule has 7 heteroatoms. The van der Waals surface area contributed by atoms with E-state index in [0.29, 0.717) is 24.6 Å². The van der Waals surface area contributed by atoms with E-state index in [0.717, 1.165) is 44.1 Å². The molecule has 0 amide bonds. The molecule has 0 aromatic heterocycles. The molecule has 7 nitrogen and oxygen atoms in total. The minimum absolute atomic E-state index is 0.197. The largest absolute Gasteiger partial charge is 0.493 e. The van der Waals surface area contributed by atoms with E-state index >= 15 is 0 Å². The van der Waals surface area contributed by atoms with E-state index in [1.54, 1.807) is 21.3 Å². The zero-order valence-corrected chi connectivity index (χ0v) is 16.3. The van der Waals surface area contributed by atoms with Crippen LogP contribution in [0, 0.1) is 0 Å². The van der Waals surface area contributed by atoms with Crippen LogP contribution in [0.3, 0.4) is 0 Å². The number of nitrogens with zero attached hydrogens (tertiary/aromatic N) is 1. The molecule has 0 spiro atoms. The Morgan fingerprint density at radius 1 is 1.12 bits per heavy atom. The zero-order chi connectivity index (χ0) is 18.8. The Hall–Kier alpha value is -1.99. The van der Waals surface area contributed by atoms with Crippen molar-refractivity contribution in [3.05, 3.63) is 23.8 Å². The van der Waals surface area contributed by atoms with Crippen molar-refractivity contribution in [1.29, 1.82) is 0 Å². The van der Waals surface area contributed by atoms with Gasteiger partial charge in [0.25, 0.3) is 0 Å². The Balaban J connectivity index is 2.01. The minimum Gasteiger partial charge on any atom is -0.493 e. The molecule has 1 fully saturated rings. The maximum absolute atomic E-state index is 5.77. The highest BCUT2D eigenvalue weighted by molar-refractivity contribution is 5.79. The average Bonchev–Trinajstić information content (AvgIpc) is 2.70. The Morgan fingerprint density at radius 3 is 2.46 bits per heavy atom. The topological polar surface area (TPSA) is 73.3 Å². The molecule has 1 aliphatic rings. The molecule has 146 valence electrons. The molecular formula is C19H31N3O4. The molecule has 1 aliphatic heterocycles. The minimum atomic E-state index is -0.197. The highest BCUT2D eigenvalue weighted by Gasteiger charge is 2.32. The van der Waals surface area contributed by atoms with Crippen molar-refractivity contribution < 1.29 is 18.9 Å². The first kappa shape index (κ1) is 20.3. The van der Waals surface area contributed by atoms with Crippen molar-refractivity contribution >= 4 is 5.96 Å². The van der Waals surface area contributed by atoms with Gasteiger partial charge in [0, 0.05) is 46.3 Å². The van der Waals surface area contributed by atoms with Crippen LogP contribution < -0.4 is 20.1 Å². The first-order valence-corrected chi connectivity index (χ1v) is 9.02. The number of hydrogen-bond donors (Lipinski definition) is 2. The van der Waals surface area contributed by atoms with Crippen LogP contribution in [-0.2, 0) is 16.0 Å². The molecule has 26 heavy (non-hydrogen) atoms. The predicted molar refractivity (Wildman–Crippen MR) is 102 cm³/mol. The van der Waals surface area contributed by atoms with Crippen LogP contribution in [-0.4, -0.2) is 59.2 Å². The summed E-state index contributed by atoms with van der Waals surface area (Å²) in [5, 5.41) is 6.69. The van der Waals surface area contributed by atoms with Crippen molar-refractivity contribution in [3.63, 3.8) is 0 Å². The summed E-state index contributed by atoms with van der Waals surface area (Å²) in [4.78, 5) is 4.68. The fraction of sp³-hybridized carbons (Fsp3) is 0.632. The van der Waals surface area contributed by atoms with Crippen LogP contribution in [0.1, 0.15) is 25.3 Å². The number of hydrogen-bond acceptors (Lipinski definition) is 5. The van der Waals surface area contributed by atoms with E-state index in [-0.39, 0.29) is 5.60 Å². The summed E-state index contributed by atoms with van der Waals surface area (Å²) in [6.07, 6.45) is 1.76. The van der Waals surface area contributed by atoms with Gasteiger partial charge in [-0.1, -0.05) is 6.07 Å². The van der Waals surface area contributed by atoms with Crippen molar-refractivity contribution in [2.24, 2.45) is 4.99 Å². The number of aliphatic imine (C=N–C) groups is 1. The molecule has 0 aliphatic carbocycles. The molecule has 0 unspecified atom stereocenters. The van der Waals surface area contributed by atoms with Crippen molar-refractivity contribution in [3.8, 4) is 11.5 Å². The maximum atomic E-state index is 5.77. The number of rotatable bonds is 8. The Bertz CT molecular complexity index is 586. The lowest BCUT2D eigenvalue weighted by Crippen LogP contribution is -2.50. The summed E-state index contributed by atoms with van der Waals surface area (Å²) >= 11 is 0. The summed E-state index contributed by atoms with van der Waals surface area (Å²) in [5.74, 6) is 2.19. The molecule has 0 bridgehead atoms. The molecule has 0 atom stereocenters. The smallest absolute Gasteiger partial charge is 0.191 e. The van der Waals surface area contributed by atoms with Crippen LogP contribution in [0.2, 0.25) is 0 Å². The number of methoxy groups -OCH3 is 3. The zero-order valence-electron chi connectivity index (χ0n) is 16.3. The molecule has 2 N–H and O–H groups in total. The molecule has 0 saturated carbocycles. The highest BCUT2D eigenvalue weighted by Crippen LogP contribution is 2.27. The maximum Gasteiger partial charge on any atom is 0.191 e.